The molecule has 0 unspecified atom stereocenters. The largest absolute Gasteiger partial charge is 0.269 e. The Kier molecular flexibility index (Phi) is 3.09. The second kappa shape index (κ2) is 4.70. The van der Waals surface area contributed by atoms with Crippen LogP contribution in [0.15, 0.2) is 47.0 Å². The second-order valence-corrected chi connectivity index (χ2v) is 3.90. The van der Waals surface area contributed by atoms with Crippen LogP contribution in [0.5, 0.6) is 0 Å². The Labute approximate surface area is 92.7 Å². The first-order valence-electron chi connectivity index (χ1n) is 4.58. The van der Waals surface area contributed by atoms with Crippen molar-refractivity contribution in [1.82, 2.24) is 4.98 Å². The molecule has 15 heavy (non-hydrogen) atoms. The maximum absolute atomic E-state index is 4.29. The van der Waals surface area contributed by atoms with Gasteiger partial charge in [-0.25, -0.2) is 4.98 Å². The number of hydrogen-bond donors (Lipinski definition) is 0. The Morgan fingerprint density at radius 2 is 2.13 bits per heavy atom. The molecule has 0 saturated heterocycles. The second-order valence-electron chi connectivity index (χ2n) is 2.97. The lowest BCUT2D eigenvalue weighted by Crippen LogP contribution is -2.08. The van der Waals surface area contributed by atoms with Gasteiger partial charge in [-0.15, -0.1) is 11.3 Å². The molecular formula is C11H11N3S. The average molecular weight is 217 g/mol. The van der Waals surface area contributed by atoms with Crippen LogP contribution in [-0.2, 0) is 0 Å². The van der Waals surface area contributed by atoms with Crippen molar-refractivity contribution in [2.75, 3.05) is 12.1 Å². The number of thiazole rings is 1. The van der Waals surface area contributed by atoms with Crippen molar-refractivity contribution in [3.8, 4) is 0 Å². The van der Waals surface area contributed by atoms with Crippen molar-refractivity contribution in [2.45, 2.75) is 0 Å². The molecule has 0 saturated carbocycles. The number of anilines is 1. The molecule has 2 aromatic rings. The van der Waals surface area contributed by atoms with Crippen LogP contribution < -0.4 is 5.01 Å². The molecule has 0 aliphatic rings. The number of hydrazone groups is 1. The molecule has 1 aromatic carbocycles. The molecule has 3 nitrogen and oxygen atoms in total. The van der Waals surface area contributed by atoms with E-state index in [1.165, 1.54) is 0 Å². The van der Waals surface area contributed by atoms with Gasteiger partial charge in [-0.1, -0.05) is 18.2 Å². The molecule has 0 amide bonds. The summed E-state index contributed by atoms with van der Waals surface area (Å²) in [5.41, 5.74) is 1.06. The smallest absolute Gasteiger partial charge is 0.136 e. The van der Waals surface area contributed by atoms with E-state index in [9.17, 15) is 0 Å². The monoisotopic (exact) mass is 217 g/mol. The summed E-state index contributed by atoms with van der Waals surface area (Å²) in [5, 5.41) is 8.96. The van der Waals surface area contributed by atoms with E-state index in [1.54, 1.807) is 23.7 Å². The van der Waals surface area contributed by atoms with Gasteiger partial charge in [-0.2, -0.15) is 5.10 Å². The van der Waals surface area contributed by atoms with E-state index in [-0.39, 0.29) is 0 Å². The van der Waals surface area contributed by atoms with Gasteiger partial charge in [-0.05, 0) is 12.1 Å². The number of benzene rings is 1. The molecule has 1 aromatic heterocycles. The highest BCUT2D eigenvalue weighted by Crippen LogP contribution is 2.11. The fraction of sp³-hybridized carbons (Fsp3) is 0.0909. The molecular weight excluding hydrogens is 206 g/mol. The highest BCUT2D eigenvalue weighted by molar-refractivity contribution is 7.11. The van der Waals surface area contributed by atoms with E-state index in [0.717, 1.165) is 10.7 Å². The van der Waals surface area contributed by atoms with E-state index >= 15 is 0 Å². The van der Waals surface area contributed by atoms with Crippen molar-refractivity contribution in [1.29, 1.82) is 0 Å². The van der Waals surface area contributed by atoms with E-state index in [4.69, 9.17) is 0 Å². The van der Waals surface area contributed by atoms with Crippen molar-refractivity contribution >= 4 is 23.2 Å². The Morgan fingerprint density at radius 3 is 2.80 bits per heavy atom. The van der Waals surface area contributed by atoms with Crippen molar-refractivity contribution < 1.29 is 0 Å². The highest BCUT2D eigenvalue weighted by atomic mass is 32.1. The topological polar surface area (TPSA) is 28.5 Å². The molecule has 0 radical (unpaired) electrons. The first-order chi connectivity index (χ1) is 7.36. The number of nitrogens with zero attached hydrogens (tertiary/aromatic N) is 3. The molecule has 0 aliphatic heterocycles. The molecule has 0 fully saturated rings. The van der Waals surface area contributed by atoms with Crippen LogP contribution >= 0.6 is 11.3 Å². The molecule has 2 rings (SSSR count). The first-order valence-corrected chi connectivity index (χ1v) is 5.46. The van der Waals surface area contributed by atoms with Crippen LogP contribution in [0.2, 0.25) is 0 Å². The van der Waals surface area contributed by atoms with Crippen LogP contribution in [0.25, 0.3) is 0 Å². The summed E-state index contributed by atoms with van der Waals surface area (Å²) >= 11 is 1.57. The average Bonchev–Trinajstić information content (AvgIpc) is 2.80. The van der Waals surface area contributed by atoms with Crippen molar-refractivity contribution in [3.63, 3.8) is 0 Å². The van der Waals surface area contributed by atoms with Crippen molar-refractivity contribution in [3.05, 3.63) is 46.9 Å². The van der Waals surface area contributed by atoms with Gasteiger partial charge in [0.2, 0.25) is 0 Å². The van der Waals surface area contributed by atoms with Crippen LogP contribution in [0, 0.1) is 0 Å². The Hall–Kier alpha value is -1.68. The summed E-state index contributed by atoms with van der Waals surface area (Å²) in [6.45, 7) is 0. The van der Waals surface area contributed by atoms with Gasteiger partial charge in [0.25, 0.3) is 0 Å². The lowest BCUT2D eigenvalue weighted by molar-refractivity contribution is 1.02. The van der Waals surface area contributed by atoms with Crippen LogP contribution in [0.1, 0.15) is 5.01 Å². The normalized spacial score (nSPS) is 10.7. The molecule has 0 spiro atoms. The molecule has 0 bridgehead atoms. The minimum Gasteiger partial charge on any atom is -0.269 e. The third-order valence-electron chi connectivity index (χ3n) is 1.92. The number of rotatable bonds is 3. The first kappa shape index (κ1) is 9.86. The van der Waals surface area contributed by atoms with Gasteiger partial charge in [0.1, 0.15) is 5.01 Å². The Balaban J connectivity index is 2.07. The van der Waals surface area contributed by atoms with Gasteiger partial charge in [-0.3, -0.25) is 5.01 Å². The van der Waals surface area contributed by atoms with E-state index in [0.29, 0.717) is 0 Å². The maximum atomic E-state index is 4.29. The van der Waals surface area contributed by atoms with Gasteiger partial charge >= 0.3 is 0 Å². The Morgan fingerprint density at radius 1 is 1.33 bits per heavy atom. The summed E-state index contributed by atoms with van der Waals surface area (Å²) < 4.78 is 0. The van der Waals surface area contributed by atoms with Crippen LogP contribution in [-0.4, -0.2) is 18.2 Å². The predicted molar refractivity (Wildman–Crippen MR) is 64.6 cm³/mol. The summed E-state index contributed by atoms with van der Waals surface area (Å²) in [5.74, 6) is 0. The lowest BCUT2D eigenvalue weighted by Gasteiger charge is -2.11. The third-order valence-corrected chi connectivity index (χ3v) is 2.63. The molecule has 0 atom stereocenters. The minimum atomic E-state index is 0.915. The van der Waals surface area contributed by atoms with Crippen molar-refractivity contribution in [2.24, 2.45) is 5.10 Å². The van der Waals surface area contributed by atoms with Gasteiger partial charge in [0, 0.05) is 18.6 Å². The van der Waals surface area contributed by atoms with E-state index in [1.807, 2.05) is 47.8 Å². The molecule has 76 valence electrons. The highest BCUT2D eigenvalue weighted by Gasteiger charge is 1.95. The number of hydrogen-bond acceptors (Lipinski definition) is 4. The SMILES string of the molecule is CN(N=Cc1nccs1)c1ccccc1. The van der Waals surface area contributed by atoms with Gasteiger partial charge in [0.05, 0.1) is 11.9 Å². The third kappa shape index (κ3) is 2.63. The van der Waals surface area contributed by atoms with E-state index in [2.05, 4.69) is 10.1 Å². The summed E-state index contributed by atoms with van der Waals surface area (Å²) in [7, 11) is 1.92. The summed E-state index contributed by atoms with van der Waals surface area (Å²) in [4.78, 5) is 4.12. The van der Waals surface area contributed by atoms with E-state index < -0.39 is 0 Å². The Bertz CT molecular complexity index is 422. The molecule has 4 heteroatoms. The molecule has 0 N–H and O–H groups in total. The zero-order valence-electron chi connectivity index (χ0n) is 8.37. The molecule has 0 aliphatic carbocycles. The predicted octanol–water partition coefficient (Wildman–Crippen LogP) is 2.61. The fourth-order valence-corrected chi connectivity index (χ4v) is 1.64. The summed E-state index contributed by atoms with van der Waals surface area (Å²) in [6.07, 6.45) is 3.53. The standard InChI is InChI=1S/C11H11N3S/c1-14(10-5-3-2-4-6-10)13-9-11-12-7-8-15-11/h2-9H,1H3. The lowest BCUT2D eigenvalue weighted by atomic mass is 10.3. The van der Waals surface area contributed by atoms with Gasteiger partial charge < -0.3 is 0 Å². The fourth-order valence-electron chi connectivity index (χ4n) is 1.14. The van der Waals surface area contributed by atoms with Gasteiger partial charge in [0.15, 0.2) is 0 Å². The number of aromatic nitrogens is 1. The quantitative estimate of drug-likeness (QED) is 0.584. The van der Waals surface area contributed by atoms with Crippen LogP contribution in [0.4, 0.5) is 5.69 Å². The zero-order valence-corrected chi connectivity index (χ0v) is 9.19. The van der Waals surface area contributed by atoms with Crippen LogP contribution in [0.3, 0.4) is 0 Å². The molecule has 1 heterocycles. The number of para-hydroxylation sites is 1. The summed E-state index contributed by atoms with van der Waals surface area (Å²) in [6, 6.07) is 10.00. The maximum Gasteiger partial charge on any atom is 0.136 e. The zero-order chi connectivity index (χ0) is 10.5. The minimum absolute atomic E-state index is 0.915.